The first-order chi connectivity index (χ1) is 9.94. The minimum absolute atomic E-state index is 0.0949. The van der Waals surface area contributed by atoms with Crippen LogP contribution in [0.1, 0.15) is 5.69 Å². The molecule has 2 N–H and O–H groups in total. The lowest BCUT2D eigenvalue weighted by atomic mass is 10.3. The Kier molecular flexibility index (Phi) is 4.69. The second-order valence-electron chi connectivity index (χ2n) is 4.15. The van der Waals surface area contributed by atoms with Crippen LogP contribution < -0.4 is 10.9 Å². The fourth-order valence-corrected chi connectivity index (χ4v) is 2.25. The molecule has 0 saturated heterocycles. The van der Waals surface area contributed by atoms with E-state index in [0.29, 0.717) is 5.69 Å². The van der Waals surface area contributed by atoms with Gasteiger partial charge in [-0.25, -0.2) is 13.8 Å². The minimum atomic E-state index is -0.725. The number of aromatic amines is 1. The number of nitrogens with one attached hydrogen (secondary N) is 2. The van der Waals surface area contributed by atoms with Gasteiger partial charge in [0.25, 0.3) is 5.56 Å². The maximum Gasteiger partial charge on any atom is 0.251 e. The Morgan fingerprint density at radius 2 is 2.14 bits per heavy atom. The van der Waals surface area contributed by atoms with Crippen LogP contribution in [0.5, 0.6) is 0 Å². The molecule has 2 rings (SSSR count). The van der Waals surface area contributed by atoms with Gasteiger partial charge in [-0.2, -0.15) is 0 Å². The molecule has 1 amide bonds. The van der Waals surface area contributed by atoms with E-state index < -0.39 is 17.5 Å². The number of hydrogen-bond acceptors (Lipinski definition) is 4. The summed E-state index contributed by atoms with van der Waals surface area (Å²) in [5, 5.41) is 2.54. The maximum atomic E-state index is 13.4. The number of anilines is 1. The summed E-state index contributed by atoms with van der Waals surface area (Å²) in [4.78, 5) is 29.4. The Bertz CT molecular complexity index is 734. The van der Waals surface area contributed by atoms with E-state index in [0.717, 1.165) is 30.0 Å². The van der Waals surface area contributed by atoms with Crippen molar-refractivity contribution in [1.82, 2.24) is 9.97 Å². The summed E-state index contributed by atoms with van der Waals surface area (Å²) >= 11 is 0.991. The molecule has 0 radical (unpaired) electrons. The van der Waals surface area contributed by atoms with E-state index >= 15 is 0 Å². The number of hydrogen-bond donors (Lipinski definition) is 2. The molecule has 110 valence electrons. The molecule has 8 heteroatoms. The SMILES string of the molecule is Cc1cc(=O)[nH]c(SCC(=O)Nc2cc(F)ccc2F)n1. The van der Waals surface area contributed by atoms with Gasteiger partial charge >= 0.3 is 0 Å². The van der Waals surface area contributed by atoms with E-state index in [-0.39, 0.29) is 22.2 Å². The van der Waals surface area contributed by atoms with E-state index in [1.807, 2.05) is 0 Å². The van der Waals surface area contributed by atoms with Crippen LogP contribution in [-0.4, -0.2) is 21.6 Å². The number of thioether (sulfide) groups is 1. The highest BCUT2D eigenvalue weighted by atomic mass is 32.2. The molecule has 21 heavy (non-hydrogen) atoms. The van der Waals surface area contributed by atoms with Crippen molar-refractivity contribution in [2.45, 2.75) is 12.1 Å². The van der Waals surface area contributed by atoms with Crippen molar-refractivity contribution in [1.29, 1.82) is 0 Å². The zero-order valence-corrected chi connectivity index (χ0v) is 11.8. The number of benzene rings is 1. The van der Waals surface area contributed by atoms with Gasteiger partial charge in [0.05, 0.1) is 11.4 Å². The van der Waals surface area contributed by atoms with Gasteiger partial charge in [-0.15, -0.1) is 0 Å². The average Bonchev–Trinajstić information content (AvgIpc) is 2.40. The molecule has 0 bridgehead atoms. The van der Waals surface area contributed by atoms with Crippen LogP contribution in [0.2, 0.25) is 0 Å². The van der Waals surface area contributed by atoms with Crippen LogP contribution in [-0.2, 0) is 4.79 Å². The number of carbonyl (C=O) groups is 1. The van der Waals surface area contributed by atoms with Crippen LogP contribution in [0.3, 0.4) is 0 Å². The van der Waals surface area contributed by atoms with Crippen molar-refractivity contribution in [3.63, 3.8) is 0 Å². The Labute approximate surface area is 122 Å². The van der Waals surface area contributed by atoms with Gasteiger partial charge in [-0.3, -0.25) is 9.59 Å². The van der Waals surface area contributed by atoms with Crippen LogP contribution in [0.25, 0.3) is 0 Å². The predicted octanol–water partition coefficient (Wildman–Crippen LogP) is 2.09. The molecule has 0 spiro atoms. The summed E-state index contributed by atoms with van der Waals surface area (Å²) in [7, 11) is 0. The molecule has 5 nitrogen and oxygen atoms in total. The van der Waals surface area contributed by atoms with Crippen molar-refractivity contribution in [2.24, 2.45) is 0 Å². The largest absolute Gasteiger partial charge is 0.323 e. The predicted molar refractivity (Wildman–Crippen MR) is 75.3 cm³/mol. The van der Waals surface area contributed by atoms with Crippen LogP contribution in [0, 0.1) is 18.6 Å². The van der Waals surface area contributed by atoms with Gasteiger partial charge in [-0.05, 0) is 19.1 Å². The van der Waals surface area contributed by atoms with Crippen molar-refractivity contribution in [2.75, 3.05) is 11.1 Å². The van der Waals surface area contributed by atoms with Crippen molar-refractivity contribution in [3.8, 4) is 0 Å². The minimum Gasteiger partial charge on any atom is -0.323 e. The Morgan fingerprint density at radius 3 is 2.86 bits per heavy atom. The van der Waals surface area contributed by atoms with Crippen LogP contribution in [0.15, 0.2) is 34.2 Å². The number of carbonyl (C=O) groups excluding carboxylic acids is 1. The fourth-order valence-electron chi connectivity index (χ4n) is 1.53. The first kappa shape index (κ1) is 15.2. The van der Waals surface area contributed by atoms with Gasteiger partial charge in [0.15, 0.2) is 5.16 Å². The van der Waals surface area contributed by atoms with Gasteiger partial charge in [0.1, 0.15) is 11.6 Å². The van der Waals surface area contributed by atoms with Crippen LogP contribution in [0.4, 0.5) is 14.5 Å². The molecule has 0 aliphatic rings. The van der Waals surface area contributed by atoms with Gasteiger partial charge < -0.3 is 10.3 Å². The lowest BCUT2D eigenvalue weighted by Crippen LogP contribution is -2.16. The van der Waals surface area contributed by atoms with E-state index in [1.54, 1.807) is 6.92 Å². The average molecular weight is 311 g/mol. The summed E-state index contributed by atoms with van der Waals surface area (Å²) in [6.45, 7) is 1.65. The first-order valence-electron chi connectivity index (χ1n) is 5.90. The van der Waals surface area contributed by atoms with Crippen molar-refractivity contribution >= 4 is 23.4 Å². The fraction of sp³-hybridized carbons (Fsp3) is 0.154. The molecule has 1 heterocycles. The standard InChI is InChI=1S/C13H11F2N3O2S/c1-7-4-11(19)18-13(16-7)21-6-12(20)17-10-5-8(14)2-3-9(10)15/h2-5H,6H2,1H3,(H,17,20)(H,16,18,19). The molecule has 1 aromatic carbocycles. The summed E-state index contributed by atoms with van der Waals surface area (Å²) in [6, 6.07) is 4.11. The monoisotopic (exact) mass is 311 g/mol. The summed E-state index contributed by atoms with van der Waals surface area (Å²) in [5.41, 5.74) is -0.0225. The molecule has 0 aliphatic carbocycles. The quantitative estimate of drug-likeness (QED) is 0.670. The zero-order chi connectivity index (χ0) is 15.4. The number of amides is 1. The molecule has 1 aromatic heterocycles. The van der Waals surface area contributed by atoms with Gasteiger partial charge in [0, 0.05) is 17.8 Å². The molecule has 0 atom stereocenters. The molecule has 0 saturated carbocycles. The second kappa shape index (κ2) is 6.49. The Balaban J connectivity index is 1.99. The number of aryl methyl sites for hydroxylation is 1. The number of nitrogens with zero attached hydrogens (tertiary/aromatic N) is 1. The molecular weight excluding hydrogens is 300 g/mol. The van der Waals surface area contributed by atoms with E-state index in [4.69, 9.17) is 0 Å². The zero-order valence-electron chi connectivity index (χ0n) is 10.9. The third-order valence-corrected chi connectivity index (χ3v) is 3.26. The molecule has 0 aliphatic heterocycles. The summed E-state index contributed by atoms with van der Waals surface area (Å²) in [5.74, 6) is -2.00. The third-order valence-electron chi connectivity index (χ3n) is 2.39. The Morgan fingerprint density at radius 1 is 1.38 bits per heavy atom. The highest BCUT2D eigenvalue weighted by Crippen LogP contribution is 2.17. The van der Waals surface area contributed by atoms with E-state index in [1.165, 1.54) is 6.07 Å². The number of rotatable bonds is 4. The summed E-state index contributed by atoms with van der Waals surface area (Å²) in [6.07, 6.45) is 0. The van der Waals surface area contributed by atoms with E-state index in [2.05, 4.69) is 15.3 Å². The van der Waals surface area contributed by atoms with Crippen molar-refractivity contribution in [3.05, 3.63) is 51.9 Å². The van der Waals surface area contributed by atoms with Gasteiger partial charge in [-0.1, -0.05) is 11.8 Å². The van der Waals surface area contributed by atoms with E-state index in [9.17, 15) is 18.4 Å². The normalized spacial score (nSPS) is 10.4. The smallest absolute Gasteiger partial charge is 0.251 e. The highest BCUT2D eigenvalue weighted by molar-refractivity contribution is 7.99. The second-order valence-corrected chi connectivity index (χ2v) is 5.12. The number of halogens is 2. The molecule has 0 unspecified atom stereocenters. The molecule has 2 aromatic rings. The highest BCUT2D eigenvalue weighted by Gasteiger charge is 2.09. The first-order valence-corrected chi connectivity index (χ1v) is 6.88. The lowest BCUT2D eigenvalue weighted by Gasteiger charge is -2.06. The lowest BCUT2D eigenvalue weighted by molar-refractivity contribution is -0.113. The number of aromatic nitrogens is 2. The maximum absolute atomic E-state index is 13.4. The topological polar surface area (TPSA) is 74.8 Å². The van der Waals surface area contributed by atoms with Crippen LogP contribution >= 0.6 is 11.8 Å². The number of H-pyrrole nitrogens is 1. The van der Waals surface area contributed by atoms with Crippen molar-refractivity contribution < 1.29 is 13.6 Å². The third kappa shape index (κ3) is 4.38. The summed E-state index contributed by atoms with van der Waals surface area (Å²) < 4.78 is 26.3. The molecular formula is C13H11F2N3O2S. The Hall–Kier alpha value is -2.22. The van der Waals surface area contributed by atoms with Gasteiger partial charge in [0.2, 0.25) is 5.91 Å². The molecule has 0 fully saturated rings.